The molecular weight excluding hydrogens is 323 g/mol. The van der Waals surface area contributed by atoms with Crippen LogP contribution in [-0.2, 0) is 4.79 Å². The van der Waals surface area contributed by atoms with E-state index < -0.39 is 0 Å². The Kier molecular flexibility index (Phi) is 6.33. The van der Waals surface area contributed by atoms with Gasteiger partial charge >= 0.3 is 0 Å². The number of nitrogens with zero attached hydrogens (tertiary/aromatic N) is 2. The summed E-state index contributed by atoms with van der Waals surface area (Å²) in [4.78, 5) is 18.4. The lowest BCUT2D eigenvalue weighted by Crippen LogP contribution is -2.32. The molecule has 6 heteroatoms. The summed E-state index contributed by atoms with van der Waals surface area (Å²) in [6.07, 6.45) is 4.94. The molecule has 4 nitrogen and oxygen atoms in total. The molecule has 1 amide bonds. The number of halogens is 2. The molecule has 1 aliphatic heterocycles. The normalized spacial score (nSPS) is 15.5. The third-order valence-corrected chi connectivity index (χ3v) is 4.78. The maximum Gasteiger partial charge on any atom is 0.225 e. The number of aromatic nitrogens is 1. The number of hydrogen-bond donors (Lipinski definition) is 0. The zero-order valence-corrected chi connectivity index (χ0v) is 14.6. The van der Waals surface area contributed by atoms with Crippen LogP contribution in [0.2, 0.25) is 10.0 Å². The van der Waals surface area contributed by atoms with Crippen LogP contribution < -0.4 is 4.74 Å². The number of likely N-dealkylation sites (tertiary alicyclic amines) is 1. The smallest absolute Gasteiger partial charge is 0.225 e. The second-order valence-corrected chi connectivity index (χ2v) is 6.39. The molecule has 0 N–H and O–H groups in total. The maximum absolute atomic E-state index is 12.2. The maximum atomic E-state index is 12.2. The molecule has 0 aromatic carbocycles. The first-order valence-corrected chi connectivity index (χ1v) is 8.49. The van der Waals surface area contributed by atoms with Gasteiger partial charge in [0, 0.05) is 13.1 Å². The molecule has 1 aromatic heterocycles. The van der Waals surface area contributed by atoms with E-state index in [2.05, 4.69) is 4.98 Å². The zero-order valence-electron chi connectivity index (χ0n) is 13.1. The van der Waals surface area contributed by atoms with Crippen molar-refractivity contribution >= 4 is 29.1 Å². The lowest BCUT2D eigenvalue weighted by Gasteiger charge is -2.20. The fourth-order valence-corrected chi connectivity index (χ4v) is 3.05. The Morgan fingerprint density at radius 3 is 2.18 bits per heavy atom. The molecule has 0 bridgehead atoms. The standard InChI is InChI=1S/C16H22Cl2N2O2/c1-11-14(17)16(15(18)12(2)19-11)22-10-7-13(21)20-8-5-3-4-6-9-20/h3-10H2,1-2H3. The molecule has 122 valence electrons. The van der Waals surface area contributed by atoms with E-state index in [0.29, 0.717) is 33.6 Å². The van der Waals surface area contributed by atoms with E-state index in [1.807, 2.05) is 4.90 Å². The van der Waals surface area contributed by atoms with Crippen LogP contribution in [0.15, 0.2) is 0 Å². The predicted octanol–water partition coefficient (Wildman–Crippen LogP) is 4.18. The molecule has 1 fully saturated rings. The topological polar surface area (TPSA) is 42.4 Å². The van der Waals surface area contributed by atoms with E-state index >= 15 is 0 Å². The molecule has 1 aromatic rings. The first-order valence-electron chi connectivity index (χ1n) is 7.73. The summed E-state index contributed by atoms with van der Waals surface area (Å²) in [5, 5.41) is 0.829. The molecule has 2 heterocycles. The van der Waals surface area contributed by atoms with Crippen molar-refractivity contribution in [2.45, 2.75) is 46.0 Å². The average Bonchev–Trinajstić information content (AvgIpc) is 2.77. The minimum Gasteiger partial charge on any atom is -0.490 e. The number of ether oxygens (including phenoxy) is 1. The zero-order chi connectivity index (χ0) is 16.1. The van der Waals surface area contributed by atoms with Crippen LogP contribution in [0, 0.1) is 13.8 Å². The van der Waals surface area contributed by atoms with Gasteiger partial charge in [-0.25, -0.2) is 0 Å². The predicted molar refractivity (Wildman–Crippen MR) is 88.9 cm³/mol. The van der Waals surface area contributed by atoms with Crippen molar-refractivity contribution in [1.82, 2.24) is 9.88 Å². The van der Waals surface area contributed by atoms with Gasteiger partial charge in [-0.15, -0.1) is 0 Å². The van der Waals surface area contributed by atoms with Gasteiger partial charge in [0.2, 0.25) is 5.91 Å². The fraction of sp³-hybridized carbons (Fsp3) is 0.625. The number of carbonyl (C=O) groups excluding carboxylic acids is 1. The van der Waals surface area contributed by atoms with Crippen molar-refractivity contribution in [2.75, 3.05) is 19.7 Å². The van der Waals surface area contributed by atoms with E-state index in [4.69, 9.17) is 27.9 Å². The molecule has 22 heavy (non-hydrogen) atoms. The Balaban J connectivity index is 1.92. The van der Waals surface area contributed by atoms with Crippen LogP contribution in [0.1, 0.15) is 43.5 Å². The van der Waals surface area contributed by atoms with Gasteiger partial charge < -0.3 is 9.64 Å². The van der Waals surface area contributed by atoms with Crippen LogP contribution in [0.5, 0.6) is 5.75 Å². The highest BCUT2D eigenvalue weighted by Gasteiger charge is 2.17. The highest BCUT2D eigenvalue weighted by Crippen LogP contribution is 2.36. The van der Waals surface area contributed by atoms with Crippen molar-refractivity contribution in [2.24, 2.45) is 0 Å². The number of carbonyl (C=O) groups is 1. The molecule has 0 spiro atoms. The largest absolute Gasteiger partial charge is 0.490 e. The Hall–Kier alpha value is -1.00. The van der Waals surface area contributed by atoms with Gasteiger partial charge in [0.15, 0.2) is 5.75 Å². The quantitative estimate of drug-likeness (QED) is 0.822. The number of rotatable bonds is 4. The van der Waals surface area contributed by atoms with E-state index in [1.165, 1.54) is 12.8 Å². The van der Waals surface area contributed by atoms with E-state index in [1.54, 1.807) is 13.8 Å². The van der Waals surface area contributed by atoms with E-state index in [-0.39, 0.29) is 12.5 Å². The minimum absolute atomic E-state index is 0.136. The fourth-order valence-electron chi connectivity index (χ4n) is 2.62. The summed E-state index contributed by atoms with van der Waals surface area (Å²) in [7, 11) is 0. The molecule has 0 saturated carbocycles. The Morgan fingerprint density at radius 2 is 1.64 bits per heavy atom. The SMILES string of the molecule is Cc1nc(C)c(Cl)c(OCCC(=O)N2CCCCCC2)c1Cl. The molecule has 0 atom stereocenters. The van der Waals surface area contributed by atoms with Crippen LogP contribution in [0.3, 0.4) is 0 Å². The first-order chi connectivity index (χ1) is 10.5. The molecule has 0 unspecified atom stereocenters. The third kappa shape index (κ3) is 4.26. The van der Waals surface area contributed by atoms with Crippen LogP contribution in [0.25, 0.3) is 0 Å². The van der Waals surface area contributed by atoms with Crippen LogP contribution in [-0.4, -0.2) is 35.5 Å². The number of pyridine rings is 1. The summed E-state index contributed by atoms with van der Waals surface area (Å²) < 4.78 is 5.67. The van der Waals surface area contributed by atoms with E-state index in [0.717, 1.165) is 25.9 Å². The minimum atomic E-state index is 0.136. The summed E-state index contributed by atoms with van der Waals surface area (Å²) in [6, 6.07) is 0. The van der Waals surface area contributed by atoms with Crippen molar-refractivity contribution in [3.05, 3.63) is 21.4 Å². The summed E-state index contributed by atoms with van der Waals surface area (Å²) in [5.41, 5.74) is 1.36. The highest BCUT2D eigenvalue weighted by molar-refractivity contribution is 6.37. The number of amides is 1. The van der Waals surface area contributed by atoms with Gasteiger partial charge in [-0.1, -0.05) is 36.0 Å². The molecular formula is C16H22Cl2N2O2. The third-order valence-electron chi connectivity index (χ3n) is 3.89. The Labute approximate surface area is 141 Å². The van der Waals surface area contributed by atoms with Crippen molar-refractivity contribution in [1.29, 1.82) is 0 Å². The second kappa shape index (κ2) is 8.02. The lowest BCUT2D eigenvalue weighted by atomic mass is 10.2. The highest BCUT2D eigenvalue weighted by atomic mass is 35.5. The molecule has 0 radical (unpaired) electrons. The lowest BCUT2D eigenvalue weighted by molar-refractivity contribution is -0.131. The average molecular weight is 345 g/mol. The van der Waals surface area contributed by atoms with Gasteiger partial charge in [-0.05, 0) is 26.7 Å². The monoisotopic (exact) mass is 344 g/mol. The van der Waals surface area contributed by atoms with Gasteiger partial charge in [-0.3, -0.25) is 9.78 Å². The summed E-state index contributed by atoms with van der Waals surface area (Å²) >= 11 is 12.4. The van der Waals surface area contributed by atoms with Crippen molar-refractivity contribution in [3.63, 3.8) is 0 Å². The molecule has 1 saturated heterocycles. The van der Waals surface area contributed by atoms with Gasteiger partial charge in [0.1, 0.15) is 10.0 Å². The molecule has 1 aliphatic rings. The van der Waals surface area contributed by atoms with Crippen LogP contribution >= 0.6 is 23.2 Å². The van der Waals surface area contributed by atoms with Gasteiger partial charge in [-0.2, -0.15) is 0 Å². The van der Waals surface area contributed by atoms with Crippen molar-refractivity contribution in [3.8, 4) is 5.75 Å². The van der Waals surface area contributed by atoms with Crippen molar-refractivity contribution < 1.29 is 9.53 Å². The molecule has 0 aliphatic carbocycles. The summed E-state index contributed by atoms with van der Waals surface area (Å²) in [5.74, 6) is 0.564. The second-order valence-electron chi connectivity index (χ2n) is 5.63. The first kappa shape index (κ1) is 17.4. The number of hydrogen-bond acceptors (Lipinski definition) is 3. The molecule has 2 rings (SSSR count). The Bertz CT molecular complexity index is 515. The van der Waals surface area contributed by atoms with Gasteiger partial charge in [0.25, 0.3) is 0 Å². The van der Waals surface area contributed by atoms with E-state index in [9.17, 15) is 4.79 Å². The van der Waals surface area contributed by atoms with Gasteiger partial charge in [0.05, 0.1) is 24.4 Å². The number of aryl methyl sites for hydroxylation is 2. The Morgan fingerprint density at radius 1 is 1.09 bits per heavy atom. The van der Waals surface area contributed by atoms with Crippen LogP contribution in [0.4, 0.5) is 0 Å². The summed E-state index contributed by atoms with van der Waals surface area (Å²) in [6.45, 7) is 5.60.